The van der Waals surface area contributed by atoms with Crippen molar-refractivity contribution in [2.75, 3.05) is 41.3 Å². The van der Waals surface area contributed by atoms with Gasteiger partial charge in [0.25, 0.3) is 0 Å². The highest BCUT2D eigenvalue weighted by molar-refractivity contribution is 7.94. The van der Waals surface area contributed by atoms with E-state index in [1.165, 1.54) is 17.7 Å². The molecule has 1 aromatic heterocycles. The second-order valence-corrected chi connectivity index (χ2v) is 11.2. The number of hydrogen-bond donors (Lipinski definition) is 1. The van der Waals surface area contributed by atoms with Gasteiger partial charge in [0.15, 0.2) is 0 Å². The number of benzene rings is 2. The van der Waals surface area contributed by atoms with Gasteiger partial charge in [-0.2, -0.15) is 8.42 Å². The molecule has 0 radical (unpaired) electrons. The summed E-state index contributed by atoms with van der Waals surface area (Å²) in [5.74, 6) is 0.0720. The van der Waals surface area contributed by atoms with Gasteiger partial charge in [-0.1, -0.05) is 25.1 Å². The molecule has 172 valence electrons. The third-order valence-corrected chi connectivity index (χ3v) is 8.95. The summed E-state index contributed by atoms with van der Waals surface area (Å²) < 4.78 is 43.4. The van der Waals surface area contributed by atoms with E-state index in [0.717, 1.165) is 59.3 Å². The van der Waals surface area contributed by atoms with E-state index in [4.69, 9.17) is 0 Å². The van der Waals surface area contributed by atoms with Gasteiger partial charge in [0.1, 0.15) is 5.82 Å². The third-order valence-electron chi connectivity index (χ3n) is 7.12. The van der Waals surface area contributed by atoms with Crippen molar-refractivity contribution >= 4 is 38.1 Å². The highest BCUT2D eigenvalue weighted by Gasteiger charge is 2.44. The van der Waals surface area contributed by atoms with Crippen LogP contribution in [0.5, 0.6) is 0 Å². The summed E-state index contributed by atoms with van der Waals surface area (Å²) in [6.07, 6.45) is 5.96. The number of anilines is 2. The van der Waals surface area contributed by atoms with Gasteiger partial charge < -0.3 is 4.98 Å². The van der Waals surface area contributed by atoms with Crippen LogP contribution in [0.3, 0.4) is 0 Å². The van der Waals surface area contributed by atoms with Crippen LogP contribution in [-0.2, 0) is 16.6 Å². The van der Waals surface area contributed by atoms with Crippen molar-refractivity contribution < 1.29 is 12.8 Å². The van der Waals surface area contributed by atoms with Crippen molar-refractivity contribution in [3.8, 4) is 0 Å². The Bertz CT molecular complexity index is 1380. The number of H-pyrrole nitrogens is 1. The van der Waals surface area contributed by atoms with E-state index in [9.17, 15) is 12.8 Å². The number of halogens is 1. The maximum absolute atomic E-state index is 13.5. The Labute approximate surface area is 193 Å². The van der Waals surface area contributed by atoms with Crippen LogP contribution in [0.25, 0.3) is 16.5 Å². The van der Waals surface area contributed by atoms with Crippen LogP contribution in [0, 0.1) is 11.7 Å². The summed E-state index contributed by atoms with van der Waals surface area (Å²) in [7, 11) is -3.53. The van der Waals surface area contributed by atoms with E-state index >= 15 is 0 Å². The van der Waals surface area contributed by atoms with Crippen LogP contribution in [0.1, 0.15) is 24.5 Å². The number of para-hydroxylation sites is 1. The molecule has 1 unspecified atom stereocenters. The van der Waals surface area contributed by atoms with E-state index in [1.807, 2.05) is 24.4 Å². The minimum absolute atomic E-state index is 0.242. The summed E-state index contributed by atoms with van der Waals surface area (Å²) in [4.78, 5) is 5.46. The van der Waals surface area contributed by atoms with E-state index in [0.29, 0.717) is 25.6 Å². The molecule has 1 N–H and O–H groups in total. The molecule has 0 saturated heterocycles. The van der Waals surface area contributed by atoms with Crippen molar-refractivity contribution in [2.24, 2.45) is 5.92 Å². The predicted molar refractivity (Wildman–Crippen MR) is 130 cm³/mol. The third kappa shape index (κ3) is 3.35. The van der Waals surface area contributed by atoms with Gasteiger partial charge in [0, 0.05) is 55.4 Å². The van der Waals surface area contributed by atoms with Gasteiger partial charge in [-0.3, -0.25) is 9.21 Å². The average Bonchev–Trinajstić information content (AvgIpc) is 3.30. The van der Waals surface area contributed by atoms with Crippen molar-refractivity contribution in [3.63, 3.8) is 0 Å². The molecule has 8 heteroatoms. The highest BCUT2D eigenvalue weighted by atomic mass is 32.2. The Hall–Kier alpha value is -2.84. The minimum Gasteiger partial charge on any atom is -0.360 e. The topological polar surface area (TPSA) is 59.7 Å². The van der Waals surface area contributed by atoms with Crippen molar-refractivity contribution in [1.82, 2.24) is 9.88 Å². The Morgan fingerprint density at radius 2 is 2.06 bits per heavy atom. The maximum Gasteiger partial charge on any atom is 0.326 e. The van der Waals surface area contributed by atoms with Crippen LogP contribution in [-0.4, -0.2) is 51.0 Å². The van der Waals surface area contributed by atoms with Crippen molar-refractivity contribution in [2.45, 2.75) is 19.8 Å². The van der Waals surface area contributed by atoms with Gasteiger partial charge in [-0.15, -0.1) is 0 Å². The van der Waals surface area contributed by atoms with Gasteiger partial charge in [-0.05, 0) is 54.2 Å². The quantitative estimate of drug-likeness (QED) is 0.628. The Kier molecular flexibility index (Phi) is 4.78. The molecule has 2 aromatic carbocycles. The molecule has 0 fully saturated rings. The first-order chi connectivity index (χ1) is 15.9. The Morgan fingerprint density at radius 3 is 2.88 bits per heavy atom. The van der Waals surface area contributed by atoms with Crippen LogP contribution >= 0.6 is 0 Å². The lowest BCUT2D eigenvalue weighted by Gasteiger charge is -2.30. The summed E-state index contributed by atoms with van der Waals surface area (Å²) in [5, 5.41) is 1.03. The highest BCUT2D eigenvalue weighted by Crippen LogP contribution is 2.46. The van der Waals surface area contributed by atoms with E-state index < -0.39 is 10.2 Å². The van der Waals surface area contributed by atoms with Gasteiger partial charge >= 0.3 is 10.2 Å². The van der Waals surface area contributed by atoms with Crippen LogP contribution in [0.15, 0.2) is 48.7 Å². The summed E-state index contributed by atoms with van der Waals surface area (Å²) in [6.45, 7) is 5.41. The molecule has 1 atom stereocenters. The van der Waals surface area contributed by atoms with Crippen LogP contribution < -0.4 is 8.61 Å². The number of nitrogens with zero attached hydrogens (tertiary/aromatic N) is 3. The molecule has 33 heavy (non-hydrogen) atoms. The predicted octanol–water partition coefficient (Wildman–Crippen LogP) is 4.16. The smallest absolute Gasteiger partial charge is 0.326 e. The first-order valence-electron chi connectivity index (χ1n) is 11.5. The number of fused-ring (bicyclic) bond motifs is 1. The largest absolute Gasteiger partial charge is 0.360 e. The molecule has 0 aliphatic carbocycles. The fourth-order valence-corrected chi connectivity index (χ4v) is 7.32. The lowest BCUT2D eigenvalue weighted by molar-refractivity contribution is 0.311. The maximum atomic E-state index is 13.5. The molecule has 3 aromatic rings. The van der Waals surface area contributed by atoms with E-state index in [1.54, 1.807) is 8.61 Å². The Balaban J connectivity index is 1.18. The van der Waals surface area contributed by atoms with Crippen LogP contribution in [0.4, 0.5) is 15.8 Å². The summed E-state index contributed by atoms with van der Waals surface area (Å²) >= 11 is 0. The zero-order valence-electron chi connectivity index (χ0n) is 18.6. The zero-order chi connectivity index (χ0) is 22.7. The first-order valence-corrected chi connectivity index (χ1v) is 12.9. The number of nitrogens with one attached hydrogen (secondary N) is 1. The molecule has 0 saturated carbocycles. The van der Waals surface area contributed by atoms with E-state index in [2.05, 4.69) is 29.0 Å². The molecule has 6 nitrogen and oxygen atoms in total. The summed E-state index contributed by atoms with van der Waals surface area (Å²) in [6, 6.07) is 10.8. The van der Waals surface area contributed by atoms with Crippen molar-refractivity contribution in [1.29, 1.82) is 0 Å². The second kappa shape index (κ2) is 7.60. The normalized spacial score (nSPS) is 22.0. The average molecular weight is 467 g/mol. The number of hydrogen-bond acceptors (Lipinski definition) is 3. The molecule has 6 rings (SSSR count). The monoisotopic (exact) mass is 466 g/mol. The lowest BCUT2D eigenvalue weighted by atomic mass is 9.95. The van der Waals surface area contributed by atoms with Crippen LogP contribution in [0.2, 0.25) is 0 Å². The van der Waals surface area contributed by atoms with Gasteiger partial charge in [-0.25, -0.2) is 8.70 Å². The minimum atomic E-state index is -3.53. The molecular weight excluding hydrogens is 439 g/mol. The molecule has 4 heterocycles. The molecule has 0 amide bonds. The number of aromatic nitrogens is 1. The standard InChI is InChI=1S/C25H27FN4O2S/c1-17-13-19-3-2-4-24-25(19)30(16-17)33(31,32)29(24)12-11-28-9-7-18(8-10-28)22-15-27-23-14-20(26)5-6-21(22)23/h2-7,14-15,17,27H,8-13,16H2,1H3. The Morgan fingerprint density at radius 1 is 1.18 bits per heavy atom. The number of rotatable bonds is 4. The van der Waals surface area contributed by atoms with Gasteiger partial charge in [0.05, 0.1) is 11.4 Å². The first kappa shape index (κ1) is 20.7. The molecule has 0 spiro atoms. The fraction of sp³-hybridized carbons (Fsp3) is 0.360. The zero-order valence-corrected chi connectivity index (χ0v) is 19.4. The van der Waals surface area contributed by atoms with Crippen molar-refractivity contribution in [3.05, 3.63) is 65.6 Å². The fourth-order valence-electron chi connectivity index (χ4n) is 5.49. The number of aromatic amines is 1. The van der Waals surface area contributed by atoms with Gasteiger partial charge in [0.2, 0.25) is 0 Å². The molecular formula is C25H27FN4O2S. The molecule has 3 aliphatic rings. The lowest BCUT2D eigenvalue weighted by Crippen LogP contribution is -2.44. The summed E-state index contributed by atoms with van der Waals surface area (Å²) in [5.41, 5.74) is 6.00. The molecule has 3 aliphatic heterocycles. The van der Waals surface area contributed by atoms with E-state index in [-0.39, 0.29) is 5.82 Å². The second-order valence-electron chi connectivity index (χ2n) is 9.38. The SMILES string of the molecule is CC1Cc2cccc3c2N(C1)S(=O)(=O)N3CCN1CC=C(c2c[nH]c3cc(F)ccc23)CC1. The molecule has 0 bridgehead atoms.